The first-order valence-corrected chi connectivity index (χ1v) is 7.47. The Hall–Kier alpha value is -2.74. The van der Waals surface area contributed by atoms with Crippen LogP contribution < -0.4 is 10.6 Å². The second-order valence-electron chi connectivity index (χ2n) is 5.20. The molecule has 0 heterocycles. The van der Waals surface area contributed by atoms with Gasteiger partial charge in [-0.25, -0.2) is 0 Å². The van der Waals surface area contributed by atoms with Gasteiger partial charge in [0, 0.05) is 25.5 Å². The van der Waals surface area contributed by atoms with Crippen LogP contribution in [0, 0.1) is 0 Å². The lowest BCUT2D eigenvalue weighted by atomic mass is 9.94. The number of hydrogen-bond acceptors (Lipinski definition) is 2. The summed E-state index contributed by atoms with van der Waals surface area (Å²) >= 11 is 0. The summed E-state index contributed by atoms with van der Waals surface area (Å²) in [7, 11) is 3.89. The van der Waals surface area contributed by atoms with E-state index in [1.54, 1.807) is 0 Å². The van der Waals surface area contributed by atoms with Gasteiger partial charge in [-0.15, -0.1) is 0 Å². The zero-order chi connectivity index (χ0) is 15.4. The molecule has 0 amide bonds. The van der Waals surface area contributed by atoms with E-state index in [9.17, 15) is 0 Å². The molecule has 0 saturated carbocycles. The van der Waals surface area contributed by atoms with Crippen molar-refractivity contribution in [3.05, 3.63) is 72.8 Å². The van der Waals surface area contributed by atoms with Crippen molar-refractivity contribution in [2.75, 3.05) is 24.7 Å². The van der Waals surface area contributed by atoms with Crippen LogP contribution in [0.15, 0.2) is 72.8 Å². The fourth-order valence-electron chi connectivity index (χ4n) is 2.62. The summed E-state index contributed by atoms with van der Waals surface area (Å²) < 4.78 is 0. The van der Waals surface area contributed by atoms with E-state index >= 15 is 0 Å². The van der Waals surface area contributed by atoms with Gasteiger partial charge in [0.1, 0.15) is 0 Å². The Bertz CT molecular complexity index is 746. The van der Waals surface area contributed by atoms with Crippen molar-refractivity contribution in [1.29, 1.82) is 0 Å². The molecule has 0 aliphatic heterocycles. The van der Waals surface area contributed by atoms with Gasteiger partial charge >= 0.3 is 0 Å². The van der Waals surface area contributed by atoms with Crippen LogP contribution in [0.25, 0.3) is 22.3 Å². The summed E-state index contributed by atoms with van der Waals surface area (Å²) in [5.74, 6) is 0. The lowest BCUT2D eigenvalue weighted by Gasteiger charge is -2.13. The predicted octanol–water partition coefficient (Wildman–Crippen LogP) is 5.10. The molecule has 2 heteroatoms. The van der Waals surface area contributed by atoms with E-state index < -0.39 is 0 Å². The number of benzene rings is 3. The van der Waals surface area contributed by atoms with Crippen LogP contribution in [-0.2, 0) is 0 Å². The minimum atomic E-state index is 1.12. The first kappa shape index (κ1) is 14.2. The molecule has 0 bridgehead atoms. The third-order valence-electron chi connectivity index (χ3n) is 3.88. The maximum absolute atomic E-state index is 3.22. The minimum Gasteiger partial charge on any atom is -0.388 e. The molecule has 110 valence electrons. The van der Waals surface area contributed by atoms with Crippen molar-refractivity contribution in [1.82, 2.24) is 0 Å². The van der Waals surface area contributed by atoms with Gasteiger partial charge in [0.2, 0.25) is 0 Å². The quantitative estimate of drug-likeness (QED) is 0.697. The van der Waals surface area contributed by atoms with Gasteiger partial charge in [-0.1, -0.05) is 48.5 Å². The van der Waals surface area contributed by atoms with E-state index in [2.05, 4.69) is 77.4 Å². The van der Waals surface area contributed by atoms with Gasteiger partial charge in [0.05, 0.1) is 0 Å². The molecule has 0 aliphatic carbocycles. The number of anilines is 2. The molecule has 0 fully saturated rings. The number of rotatable bonds is 4. The van der Waals surface area contributed by atoms with E-state index in [1.807, 2.05) is 20.2 Å². The van der Waals surface area contributed by atoms with Crippen molar-refractivity contribution in [2.24, 2.45) is 0 Å². The zero-order valence-corrected chi connectivity index (χ0v) is 12.9. The number of nitrogens with one attached hydrogen (secondary N) is 2. The van der Waals surface area contributed by atoms with E-state index in [0.717, 1.165) is 11.4 Å². The van der Waals surface area contributed by atoms with Crippen LogP contribution >= 0.6 is 0 Å². The second-order valence-corrected chi connectivity index (χ2v) is 5.20. The Morgan fingerprint density at radius 1 is 0.545 bits per heavy atom. The summed E-state index contributed by atoms with van der Waals surface area (Å²) in [6.07, 6.45) is 0. The SMILES string of the molecule is CNc1ccc(-c2ccc(NC)cc2-c2ccccc2)cc1. The molecular weight excluding hydrogens is 268 g/mol. The molecule has 22 heavy (non-hydrogen) atoms. The fourth-order valence-corrected chi connectivity index (χ4v) is 2.62. The van der Waals surface area contributed by atoms with Crippen LogP contribution in [0.1, 0.15) is 0 Å². The molecule has 3 aromatic carbocycles. The summed E-state index contributed by atoms with van der Waals surface area (Å²) in [5, 5.41) is 6.38. The van der Waals surface area contributed by atoms with Gasteiger partial charge in [0.25, 0.3) is 0 Å². The topological polar surface area (TPSA) is 24.1 Å². The molecule has 0 aromatic heterocycles. The molecule has 0 unspecified atom stereocenters. The average molecular weight is 288 g/mol. The Kier molecular flexibility index (Phi) is 4.10. The van der Waals surface area contributed by atoms with Crippen LogP contribution in [0.2, 0.25) is 0 Å². The van der Waals surface area contributed by atoms with Crippen LogP contribution in [-0.4, -0.2) is 14.1 Å². The normalized spacial score (nSPS) is 10.3. The van der Waals surface area contributed by atoms with E-state index in [-0.39, 0.29) is 0 Å². The van der Waals surface area contributed by atoms with Crippen molar-refractivity contribution < 1.29 is 0 Å². The third kappa shape index (κ3) is 2.82. The molecule has 2 N–H and O–H groups in total. The zero-order valence-electron chi connectivity index (χ0n) is 12.9. The maximum atomic E-state index is 3.22. The summed E-state index contributed by atoms with van der Waals surface area (Å²) in [6.45, 7) is 0. The first-order chi connectivity index (χ1) is 10.8. The maximum Gasteiger partial charge on any atom is 0.0344 e. The van der Waals surface area contributed by atoms with E-state index in [1.165, 1.54) is 22.3 Å². The van der Waals surface area contributed by atoms with Crippen molar-refractivity contribution >= 4 is 11.4 Å². The van der Waals surface area contributed by atoms with E-state index in [4.69, 9.17) is 0 Å². The third-order valence-corrected chi connectivity index (χ3v) is 3.88. The van der Waals surface area contributed by atoms with Gasteiger partial charge in [-0.05, 0) is 46.5 Å². The molecule has 3 rings (SSSR count). The Balaban J connectivity index is 2.14. The summed E-state index contributed by atoms with van der Waals surface area (Å²) in [6, 6.07) is 25.6. The lowest BCUT2D eigenvalue weighted by molar-refractivity contribution is 1.49. The number of hydrogen-bond donors (Lipinski definition) is 2. The monoisotopic (exact) mass is 288 g/mol. The smallest absolute Gasteiger partial charge is 0.0344 e. The molecule has 0 aliphatic rings. The highest BCUT2D eigenvalue weighted by molar-refractivity contribution is 5.86. The van der Waals surface area contributed by atoms with Crippen LogP contribution in [0.4, 0.5) is 11.4 Å². The van der Waals surface area contributed by atoms with Crippen molar-refractivity contribution in [3.63, 3.8) is 0 Å². The molecule has 0 spiro atoms. The molecule has 2 nitrogen and oxygen atoms in total. The highest BCUT2D eigenvalue weighted by atomic mass is 14.8. The van der Waals surface area contributed by atoms with Crippen molar-refractivity contribution in [2.45, 2.75) is 0 Å². The van der Waals surface area contributed by atoms with Gasteiger partial charge in [0.15, 0.2) is 0 Å². The summed E-state index contributed by atoms with van der Waals surface area (Å²) in [5.41, 5.74) is 7.18. The fraction of sp³-hybridized carbons (Fsp3) is 0.100. The second kappa shape index (κ2) is 6.35. The van der Waals surface area contributed by atoms with Crippen LogP contribution in [0.5, 0.6) is 0 Å². The Morgan fingerprint density at radius 2 is 1.14 bits per heavy atom. The molecule has 0 atom stereocenters. The predicted molar refractivity (Wildman–Crippen MR) is 96.4 cm³/mol. The van der Waals surface area contributed by atoms with E-state index in [0.29, 0.717) is 0 Å². The Labute approximate surface area is 131 Å². The van der Waals surface area contributed by atoms with Crippen LogP contribution in [0.3, 0.4) is 0 Å². The molecular formula is C20H20N2. The van der Waals surface area contributed by atoms with Gasteiger partial charge < -0.3 is 10.6 Å². The first-order valence-electron chi connectivity index (χ1n) is 7.47. The molecule has 3 aromatic rings. The average Bonchev–Trinajstić information content (AvgIpc) is 2.62. The largest absolute Gasteiger partial charge is 0.388 e. The molecule has 0 saturated heterocycles. The molecule has 0 radical (unpaired) electrons. The van der Waals surface area contributed by atoms with Crippen molar-refractivity contribution in [3.8, 4) is 22.3 Å². The van der Waals surface area contributed by atoms with Gasteiger partial charge in [-0.3, -0.25) is 0 Å². The minimum absolute atomic E-state index is 1.12. The Morgan fingerprint density at radius 3 is 1.77 bits per heavy atom. The highest BCUT2D eigenvalue weighted by Gasteiger charge is 2.08. The highest BCUT2D eigenvalue weighted by Crippen LogP contribution is 2.34. The summed E-state index contributed by atoms with van der Waals surface area (Å²) in [4.78, 5) is 0. The van der Waals surface area contributed by atoms with Gasteiger partial charge in [-0.2, -0.15) is 0 Å². The standard InChI is InChI=1S/C20H20N2/c1-21-17-10-8-16(9-11-17)19-13-12-18(22-2)14-20(19)15-6-4-3-5-7-15/h3-14,21-22H,1-2H3. The lowest BCUT2D eigenvalue weighted by Crippen LogP contribution is -1.92.